The summed E-state index contributed by atoms with van der Waals surface area (Å²) in [6.45, 7) is 2.64. The van der Waals surface area contributed by atoms with Crippen LogP contribution in [0.25, 0.3) is 0 Å². The standard InChI is InChI=1S/C6H11NO4/c1-2-9-5(8-1)7-6-10-3-4-11-6/h5-7H,1-4H2/p+1. The van der Waals surface area contributed by atoms with Gasteiger partial charge in [0.2, 0.25) is 0 Å². The van der Waals surface area contributed by atoms with Crippen LogP contribution in [0.15, 0.2) is 0 Å². The third-order valence-electron chi connectivity index (χ3n) is 1.61. The molecule has 0 aromatic heterocycles. The lowest BCUT2D eigenvalue weighted by atomic mass is 10.8. The second-order valence-electron chi connectivity index (χ2n) is 2.41. The van der Waals surface area contributed by atoms with Crippen LogP contribution in [0, 0.1) is 0 Å². The van der Waals surface area contributed by atoms with E-state index < -0.39 is 0 Å². The fourth-order valence-electron chi connectivity index (χ4n) is 1.10. The molecule has 2 rings (SSSR count). The van der Waals surface area contributed by atoms with Gasteiger partial charge in [-0.25, -0.2) is 5.32 Å². The lowest BCUT2D eigenvalue weighted by molar-refractivity contribution is -0.835. The molecule has 5 heteroatoms. The Labute approximate surface area is 64.6 Å². The first kappa shape index (κ1) is 7.45. The minimum absolute atomic E-state index is 0.238. The van der Waals surface area contributed by atoms with E-state index >= 15 is 0 Å². The first-order valence-corrected chi connectivity index (χ1v) is 3.76. The molecule has 0 bridgehead atoms. The average molecular weight is 162 g/mol. The van der Waals surface area contributed by atoms with Gasteiger partial charge in [0.1, 0.15) is 0 Å². The number of rotatable bonds is 2. The van der Waals surface area contributed by atoms with Gasteiger partial charge in [-0.15, -0.1) is 0 Å². The topological polar surface area (TPSA) is 53.5 Å². The maximum Gasteiger partial charge on any atom is 0.310 e. The Kier molecular flexibility index (Phi) is 2.35. The lowest BCUT2D eigenvalue weighted by Crippen LogP contribution is -2.96. The summed E-state index contributed by atoms with van der Waals surface area (Å²) in [5.74, 6) is 0. The Morgan fingerprint density at radius 1 is 0.727 bits per heavy atom. The summed E-state index contributed by atoms with van der Waals surface area (Å²) in [7, 11) is 0. The molecule has 64 valence electrons. The largest absolute Gasteiger partial charge is 0.310 e. The summed E-state index contributed by atoms with van der Waals surface area (Å²) in [6, 6.07) is 0. The van der Waals surface area contributed by atoms with E-state index in [2.05, 4.69) is 0 Å². The first-order valence-electron chi connectivity index (χ1n) is 3.76. The van der Waals surface area contributed by atoms with Crippen molar-refractivity contribution >= 4 is 0 Å². The van der Waals surface area contributed by atoms with Crippen LogP contribution in [0.1, 0.15) is 0 Å². The van der Waals surface area contributed by atoms with Crippen LogP contribution < -0.4 is 5.32 Å². The molecular weight excluding hydrogens is 150 g/mol. The lowest BCUT2D eigenvalue weighted by Gasteiger charge is -2.11. The van der Waals surface area contributed by atoms with E-state index in [1.165, 1.54) is 0 Å². The molecule has 0 saturated carbocycles. The Balaban J connectivity index is 1.71. The normalized spacial score (nSPS) is 28.4. The molecule has 0 atom stereocenters. The van der Waals surface area contributed by atoms with Gasteiger partial charge < -0.3 is 18.9 Å². The number of hydrogen-bond donors (Lipinski definition) is 1. The number of quaternary nitrogens is 1. The molecule has 2 saturated heterocycles. The molecule has 0 aromatic rings. The van der Waals surface area contributed by atoms with Gasteiger partial charge in [-0.1, -0.05) is 0 Å². The van der Waals surface area contributed by atoms with Crippen molar-refractivity contribution in [1.82, 2.24) is 0 Å². The summed E-state index contributed by atoms with van der Waals surface area (Å²) in [4.78, 5) is 0. The van der Waals surface area contributed by atoms with Crippen molar-refractivity contribution in [2.75, 3.05) is 26.4 Å². The summed E-state index contributed by atoms with van der Waals surface area (Å²) >= 11 is 0. The van der Waals surface area contributed by atoms with Gasteiger partial charge in [0.15, 0.2) is 0 Å². The minimum Gasteiger partial charge on any atom is -0.303 e. The van der Waals surface area contributed by atoms with Crippen LogP contribution in [0.3, 0.4) is 0 Å². The van der Waals surface area contributed by atoms with Crippen molar-refractivity contribution in [3.05, 3.63) is 0 Å². The van der Waals surface area contributed by atoms with E-state index in [9.17, 15) is 0 Å². The highest BCUT2D eigenvalue weighted by molar-refractivity contribution is 4.38. The van der Waals surface area contributed by atoms with Crippen LogP contribution in [0.4, 0.5) is 0 Å². The molecule has 0 amide bonds. The molecule has 2 aliphatic heterocycles. The molecule has 2 heterocycles. The summed E-state index contributed by atoms with van der Waals surface area (Å²) in [5, 5.41) is 1.79. The van der Waals surface area contributed by atoms with Gasteiger partial charge >= 0.3 is 12.8 Å². The zero-order valence-electron chi connectivity index (χ0n) is 6.19. The van der Waals surface area contributed by atoms with E-state index in [0.717, 1.165) is 0 Å². The Morgan fingerprint density at radius 2 is 1.09 bits per heavy atom. The summed E-state index contributed by atoms with van der Waals surface area (Å²) < 4.78 is 20.7. The van der Waals surface area contributed by atoms with E-state index in [0.29, 0.717) is 26.4 Å². The zero-order valence-corrected chi connectivity index (χ0v) is 6.19. The smallest absolute Gasteiger partial charge is 0.303 e. The van der Waals surface area contributed by atoms with E-state index in [-0.39, 0.29) is 12.8 Å². The van der Waals surface area contributed by atoms with Crippen molar-refractivity contribution in [3.63, 3.8) is 0 Å². The molecule has 5 nitrogen and oxygen atoms in total. The van der Waals surface area contributed by atoms with Crippen LogP contribution in [0.5, 0.6) is 0 Å². The van der Waals surface area contributed by atoms with Gasteiger partial charge in [0.05, 0.1) is 26.4 Å². The van der Waals surface area contributed by atoms with Crippen LogP contribution in [-0.4, -0.2) is 39.3 Å². The van der Waals surface area contributed by atoms with E-state index in [1.807, 2.05) is 0 Å². The van der Waals surface area contributed by atoms with Gasteiger partial charge in [-0.2, -0.15) is 0 Å². The molecule has 0 radical (unpaired) electrons. The first-order chi connectivity index (χ1) is 5.45. The van der Waals surface area contributed by atoms with Crippen LogP contribution in [-0.2, 0) is 18.9 Å². The molecule has 0 aromatic carbocycles. The Hall–Kier alpha value is -0.200. The fourth-order valence-corrected chi connectivity index (χ4v) is 1.10. The third kappa shape index (κ3) is 1.88. The Morgan fingerprint density at radius 3 is 1.45 bits per heavy atom. The van der Waals surface area contributed by atoms with Crippen molar-refractivity contribution in [2.45, 2.75) is 12.8 Å². The highest BCUT2D eigenvalue weighted by Crippen LogP contribution is 1.98. The predicted molar refractivity (Wildman–Crippen MR) is 33.3 cm³/mol. The highest BCUT2D eigenvalue weighted by atomic mass is 16.8. The minimum atomic E-state index is -0.238. The molecule has 2 fully saturated rings. The average Bonchev–Trinajstić information content (AvgIpc) is 2.60. The van der Waals surface area contributed by atoms with Crippen molar-refractivity contribution in [3.8, 4) is 0 Å². The van der Waals surface area contributed by atoms with Gasteiger partial charge in [-0.05, 0) is 0 Å². The number of nitrogens with two attached hydrogens (primary N) is 1. The SMILES string of the molecule is C1COC([NH2+]C2OCCO2)O1. The number of ether oxygens (including phenoxy) is 4. The third-order valence-corrected chi connectivity index (χ3v) is 1.61. The maximum atomic E-state index is 5.18. The van der Waals surface area contributed by atoms with Gasteiger partial charge in [-0.3, -0.25) is 0 Å². The van der Waals surface area contributed by atoms with Crippen molar-refractivity contribution in [1.29, 1.82) is 0 Å². The second kappa shape index (κ2) is 3.46. The molecule has 2 N–H and O–H groups in total. The molecular formula is C6H12NO4+. The van der Waals surface area contributed by atoms with Gasteiger partial charge in [0, 0.05) is 0 Å². The monoisotopic (exact) mass is 162 g/mol. The van der Waals surface area contributed by atoms with Crippen molar-refractivity contribution < 1.29 is 24.3 Å². The summed E-state index contributed by atoms with van der Waals surface area (Å²) in [6.07, 6.45) is -0.476. The molecule has 2 aliphatic rings. The summed E-state index contributed by atoms with van der Waals surface area (Å²) in [5.41, 5.74) is 0. The van der Waals surface area contributed by atoms with Gasteiger partial charge in [0.25, 0.3) is 0 Å². The number of hydrogen-bond acceptors (Lipinski definition) is 4. The van der Waals surface area contributed by atoms with E-state index in [1.54, 1.807) is 5.32 Å². The molecule has 0 unspecified atom stereocenters. The maximum absolute atomic E-state index is 5.18. The second-order valence-corrected chi connectivity index (χ2v) is 2.41. The highest BCUT2D eigenvalue weighted by Gasteiger charge is 2.27. The quantitative estimate of drug-likeness (QED) is 0.521. The fraction of sp³-hybridized carbons (Fsp3) is 1.00. The predicted octanol–water partition coefficient (Wildman–Crippen LogP) is -1.79. The molecule has 0 aliphatic carbocycles. The van der Waals surface area contributed by atoms with Crippen molar-refractivity contribution in [2.24, 2.45) is 0 Å². The molecule has 0 spiro atoms. The van der Waals surface area contributed by atoms with Crippen LogP contribution in [0.2, 0.25) is 0 Å². The molecule has 11 heavy (non-hydrogen) atoms. The Bertz CT molecular complexity index is 106. The van der Waals surface area contributed by atoms with Crippen LogP contribution >= 0.6 is 0 Å². The van der Waals surface area contributed by atoms with E-state index in [4.69, 9.17) is 18.9 Å². The zero-order chi connectivity index (χ0) is 7.52.